The van der Waals surface area contributed by atoms with E-state index in [9.17, 15) is 14.9 Å². The third kappa shape index (κ3) is 2.65. The summed E-state index contributed by atoms with van der Waals surface area (Å²) in [5.74, 6) is 0.179. The van der Waals surface area contributed by atoms with Gasteiger partial charge in [-0.05, 0) is 0 Å². The summed E-state index contributed by atoms with van der Waals surface area (Å²) in [6.45, 7) is 0. The third-order valence-electron chi connectivity index (χ3n) is 1.83. The number of nitrogens with zero attached hydrogens (tertiary/aromatic N) is 1. The van der Waals surface area contributed by atoms with Crippen molar-refractivity contribution in [1.82, 2.24) is 0 Å². The van der Waals surface area contributed by atoms with Gasteiger partial charge in [-0.3, -0.25) is 0 Å². The molecule has 0 spiro atoms. The molecule has 80 valence electrons. The van der Waals surface area contributed by atoms with Crippen LogP contribution in [-0.2, 0) is 4.79 Å². The first-order valence-electron chi connectivity index (χ1n) is 4.20. The van der Waals surface area contributed by atoms with Crippen LogP contribution in [0.2, 0.25) is 0 Å². The summed E-state index contributed by atoms with van der Waals surface area (Å²) in [5.41, 5.74) is -0.00588. The van der Waals surface area contributed by atoms with E-state index in [2.05, 4.69) is 0 Å². The fraction of sp³-hybridized carbons (Fsp3) is 0.222. The second kappa shape index (κ2) is 4.13. The Balaban J connectivity index is 2.03. The van der Waals surface area contributed by atoms with E-state index >= 15 is 0 Å². The van der Waals surface area contributed by atoms with Gasteiger partial charge < -0.3 is 0 Å². The van der Waals surface area contributed by atoms with E-state index in [-0.39, 0.29) is 36.8 Å². The van der Waals surface area contributed by atoms with E-state index in [0.717, 1.165) is 4.43 Å². The Labute approximate surface area is 95.8 Å². The first-order valence-corrected chi connectivity index (χ1v) is 6.98. The Kier molecular flexibility index (Phi) is 2.85. The van der Waals surface area contributed by atoms with Crippen LogP contribution in [0.25, 0.3) is 0 Å². The Morgan fingerprint density at radius 2 is 2.07 bits per heavy atom. The summed E-state index contributed by atoms with van der Waals surface area (Å²) in [5, 5.41) is 10.4. The number of halogens is 1. The molecule has 1 saturated heterocycles. The summed E-state index contributed by atoms with van der Waals surface area (Å²) in [6.07, 6.45) is 0. The maximum absolute atomic E-state index is 11.3. The molecule has 0 radical (unpaired) electrons. The van der Waals surface area contributed by atoms with Crippen molar-refractivity contribution in [1.29, 1.82) is 0 Å². The predicted molar refractivity (Wildman–Crippen MR) is 47.4 cm³/mol. The van der Waals surface area contributed by atoms with Crippen LogP contribution in [0.15, 0.2) is 24.3 Å². The van der Waals surface area contributed by atoms with E-state index in [1.807, 2.05) is 0 Å². The van der Waals surface area contributed by atoms with Gasteiger partial charge in [-0.2, -0.15) is 0 Å². The molecule has 1 aliphatic heterocycles. The number of ether oxygens (including phenoxy) is 1. The summed E-state index contributed by atoms with van der Waals surface area (Å²) in [6, 6.07) is 5.53. The molecule has 1 aromatic rings. The van der Waals surface area contributed by atoms with Crippen molar-refractivity contribution in [2.24, 2.45) is 0 Å². The molecule has 6 heteroatoms. The molecule has 0 aromatic heterocycles. The van der Waals surface area contributed by atoms with Gasteiger partial charge in [-0.25, -0.2) is 0 Å². The predicted octanol–water partition coefficient (Wildman–Crippen LogP) is -2.03. The summed E-state index contributed by atoms with van der Waals surface area (Å²) < 4.78 is 6.17. The molecule has 0 bridgehead atoms. The van der Waals surface area contributed by atoms with Gasteiger partial charge >= 0.3 is 95.8 Å². The van der Waals surface area contributed by atoms with E-state index in [1.165, 1.54) is 24.3 Å². The van der Waals surface area contributed by atoms with Gasteiger partial charge in [0.2, 0.25) is 0 Å². The quantitative estimate of drug-likeness (QED) is 0.161. The van der Waals surface area contributed by atoms with Gasteiger partial charge in [0.25, 0.3) is 0 Å². The number of nitro groups is 1. The van der Waals surface area contributed by atoms with Crippen LogP contribution in [0.5, 0.6) is 5.75 Å². The van der Waals surface area contributed by atoms with Crippen LogP contribution < -0.4 is 25.9 Å². The maximum atomic E-state index is 11.3. The number of carbonyl (C=O) groups excluding carboxylic acids is 1. The van der Waals surface area contributed by atoms with Crippen LogP contribution in [-0.4, -0.2) is 19.2 Å². The zero-order valence-electron chi connectivity index (χ0n) is 7.55. The van der Waals surface area contributed by atoms with Crippen molar-refractivity contribution in [3.8, 4) is 5.75 Å². The number of hydrogen-bond acceptors (Lipinski definition) is 4. The number of nitro benzene ring substituents is 1. The number of benzene rings is 1. The minimum atomic E-state index is -0.488. The number of esters is 1. The molecule has 1 unspecified atom stereocenters. The topological polar surface area (TPSA) is 69.4 Å². The van der Waals surface area contributed by atoms with Crippen LogP contribution in [0.1, 0.15) is 0 Å². The number of rotatable bonds is 3. The molecule has 1 aromatic carbocycles. The fourth-order valence-electron chi connectivity index (χ4n) is 0.987. The molecule has 0 aliphatic carbocycles. The molecule has 0 N–H and O–H groups in total. The standard InChI is InChI=1S/C9H7INO4/c12-9(8-5-10-8)15-7-3-1-6(2-4-7)11(13)14/h1-4,8H,5H2/q-1. The molecular formula is C9H7INO4-. The second-order valence-corrected chi connectivity index (χ2v) is 6.21. The number of non-ortho nitro benzene ring substituents is 1. The molecule has 0 saturated carbocycles. The van der Waals surface area contributed by atoms with Crippen LogP contribution >= 0.6 is 0 Å². The van der Waals surface area contributed by atoms with E-state index in [1.54, 1.807) is 0 Å². The van der Waals surface area contributed by atoms with Crippen LogP contribution in [0.4, 0.5) is 5.69 Å². The zero-order valence-corrected chi connectivity index (χ0v) is 9.71. The number of alkyl halides is 2. The number of hydrogen-bond donors (Lipinski definition) is 0. The van der Waals surface area contributed by atoms with Gasteiger partial charge in [0.15, 0.2) is 0 Å². The first-order chi connectivity index (χ1) is 7.16. The third-order valence-corrected chi connectivity index (χ3v) is 4.10. The van der Waals surface area contributed by atoms with Crippen molar-refractivity contribution in [2.75, 3.05) is 4.43 Å². The van der Waals surface area contributed by atoms with Crippen LogP contribution in [0, 0.1) is 10.1 Å². The van der Waals surface area contributed by atoms with Crippen molar-refractivity contribution >= 4 is 11.7 Å². The normalized spacial score (nSPS) is 18.8. The Morgan fingerprint density at radius 1 is 1.47 bits per heavy atom. The van der Waals surface area contributed by atoms with Gasteiger partial charge in [-0.1, -0.05) is 0 Å². The van der Waals surface area contributed by atoms with E-state index < -0.39 is 4.92 Å². The Morgan fingerprint density at radius 3 is 2.53 bits per heavy atom. The molecule has 1 heterocycles. The Bertz CT molecular complexity index is 399. The van der Waals surface area contributed by atoms with E-state index in [0.29, 0.717) is 5.75 Å². The fourth-order valence-corrected chi connectivity index (χ4v) is 2.09. The molecule has 2 rings (SSSR count). The zero-order chi connectivity index (χ0) is 10.8. The summed E-state index contributed by atoms with van der Waals surface area (Å²) in [4.78, 5) is 21.1. The average molecular weight is 320 g/mol. The van der Waals surface area contributed by atoms with Gasteiger partial charge in [-0.15, -0.1) is 0 Å². The molecule has 1 atom stereocenters. The van der Waals surface area contributed by atoms with Gasteiger partial charge in [0.1, 0.15) is 0 Å². The molecule has 1 aliphatic rings. The van der Waals surface area contributed by atoms with Gasteiger partial charge in [0.05, 0.1) is 0 Å². The summed E-state index contributed by atoms with van der Waals surface area (Å²) >= 11 is 0.0358. The van der Waals surface area contributed by atoms with Crippen molar-refractivity contribution in [3.63, 3.8) is 0 Å². The molecule has 1 fully saturated rings. The van der Waals surface area contributed by atoms with Gasteiger partial charge in [0, 0.05) is 0 Å². The van der Waals surface area contributed by atoms with Crippen LogP contribution in [0.3, 0.4) is 0 Å². The summed E-state index contributed by atoms with van der Waals surface area (Å²) in [7, 11) is 0. The average Bonchev–Trinajstić information content (AvgIpc) is 3.01. The van der Waals surface area contributed by atoms with Crippen molar-refractivity contribution in [3.05, 3.63) is 34.4 Å². The minimum absolute atomic E-state index is 0.00588. The molecular weight excluding hydrogens is 313 g/mol. The number of carbonyl (C=O) groups is 1. The molecule has 15 heavy (non-hydrogen) atoms. The van der Waals surface area contributed by atoms with Crippen molar-refractivity contribution < 1.29 is 35.7 Å². The monoisotopic (exact) mass is 320 g/mol. The first kappa shape index (κ1) is 10.3. The SMILES string of the molecule is O=C(Oc1ccc([N+](=O)[O-])cc1)C1C[I-]1. The van der Waals surface area contributed by atoms with Crippen molar-refractivity contribution in [2.45, 2.75) is 3.92 Å². The van der Waals surface area contributed by atoms with E-state index in [4.69, 9.17) is 4.74 Å². The Hall–Kier alpha value is -1.18. The second-order valence-electron chi connectivity index (χ2n) is 2.95. The molecule has 0 amide bonds. The molecule has 5 nitrogen and oxygen atoms in total.